The Kier molecular flexibility index (Phi) is 5.07. The quantitative estimate of drug-likeness (QED) is 0.516. The van der Waals surface area contributed by atoms with Gasteiger partial charge >= 0.3 is 0 Å². The van der Waals surface area contributed by atoms with E-state index >= 15 is 0 Å². The third kappa shape index (κ3) is 4.49. The Hall–Kier alpha value is -3.94. The molecule has 3 heterocycles. The fourth-order valence-electron chi connectivity index (χ4n) is 2.78. The summed E-state index contributed by atoms with van der Waals surface area (Å²) in [6, 6.07) is 15.8. The van der Waals surface area contributed by atoms with Crippen molar-refractivity contribution in [3.8, 4) is 17.1 Å². The first-order valence-electron chi connectivity index (χ1n) is 8.87. The van der Waals surface area contributed by atoms with E-state index in [1.54, 1.807) is 18.2 Å². The summed E-state index contributed by atoms with van der Waals surface area (Å²) in [7, 11) is 0. The van der Waals surface area contributed by atoms with Crippen LogP contribution in [0.4, 0.5) is 16.0 Å². The van der Waals surface area contributed by atoms with Crippen molar-refractivity contribution >= 4 is 11.6 Å². The molecule has 0 unspecified atom stereocenters. The van der Waals surface area contributed by atoms with Crippen LogP contribution in [0.3, 0.4) is 0 Å². The molecular formula is C21H18FN5O2. The zero-order chi connectivity index (χ0) is 20.2. The highest BCUT2D eigenvalue weighted by molar-refractivity contribution is 5.71. The zero-order valence-electron chi connectivity index (χ0n) is 15.4. The molecule has 0 saturated carbocycles. The van der Waals surface area contributed by atoms with E-state index < -0.39 is 0 Å². The molecule has 0 amide bonds. The van der Waals surface area contributed by atoms with Crippen LogP contribution in [0, 0.1) is 5.82 Å². The number of nitrogen functional groups attached to an aromatic ring is 2. The molecule has 0 atom stereocenters. The van der Waals surface area contributed by atoms with Gasteiger partial charge in [-0.3, -0.25) is 4.98 Å². The lowest BCUT2D eigenvalue weighted by molar-refractivity contribution is 0.301. The smallest absolute Gasteiger partial charge is 0.170 e. The van der Waals surface area contributed by atoms with E-state index in [1.165, 1.54) is 12.3 Å². The van der Waals surface area contributed by atoms with Crippen LogP contribution in [0.2, 0.25) is 0 Å². The number of ether oxygens (including phenoxy) is 1. The van der Waals surface area contributed by atoms with E-state index in [4.69, 9.17) is 20.7 Å². The maximum atomic E-state index is 12.9. The first-order chi connectivity index (χ1) is 14.1. The molecule has 0 radical (unpaired) electrons. The van der Waals surface area contributed by atoms with Crippen LogP contribution in [0.25, 0.3) is 11.3 Å². The van der Waals surface area contributed by atoms with Crippen LogP contribution in [-0.2, 0) is 13.0 Å². The van der Waals surface area contributed by atoms with Gasteiger partial charge in [0.25, 0.3) is 0 Å². The molecule has 4 N–H and O–H groups in total. The minimum Gasteiger partial charge on any atom is -0.487 e. The molecule has 0 aliphatic rings. The summed E-state index contributed by atoms with van der Waals surface area (Å²) < 4.78 is 23.9. The lowest BCUT2D eigenvalue weighted by atomic mass is 10.1. The average Bonchev–Trinajstić information content (AvgIpc) is 3.17. The van der Waals surface area contributed by atoms with Gasteiger partial charge < -0.3 is 20.7 Å². The summed E-state index contributed by atoms with van der Waals surface area (Å²) in [6.07, 6.45) is 1.76. The van der Waals surface area contributed by atoms with E-state index in [-0.39, 0.29) is 12.4 Å². The molecule has 4 aromatic rings. The van der Waals surface area contributed by atoms with Crippen molar-refractivity contribution in [2.45, 2.75) is 13.0 Å². The maximum absolute atomic E-state index is 12.9. The Morgan fingerprint density at radius 1 is 0.966 bits per heavy atom. The van der Waals surface area contributed by atoms with Crippen LogP contribution in [0.5, 0.6) is 5.75 Å². The number of nitrogens with two attached hydrogens (primary N) is 2. The van der Waals surface area contributed by atoms with Crippen LogP contribution >= 0.6 is 0 Å². The summed E-state index contributed by atoms with van der Waals surface area (Å²) in [4.78, 5) is 7.99. The summed E-state index contributed by atoms with van der Waals surface area (Å²) in [5.74, 6) is 1.51. The van der Waals surface area contributed by atoms with Gasteiger partial charge in [0.2, 0.25) is 0 Å². The average molecular weight is 391 g/mol. The number of benzene rings is 1. The van der Waals surface area contributed by atoms with Gasteiger partial charge in [0.05, 0.1) is 23.1 Å². The molecular weight excluding hydrogens is 373 g/mol. The Labute approximate surface area is 166 Å². The predicted octanol–water partition coefficient (Wildman–Crippen LogP) is 3.60. The third-order valence-electron chi connectivity index (χ3n) is 4.25. The molecule has 0 fully saturated rings. The van der Waals surface area contributed by atoms with Gasteiger partial charge in [-0.1, -0.05) is 17.3 Å². The molecule has 0 spiro atoms. The van der Waals surface area contributed by atoms with E-state index in [0.717, 1.165) is 11.3 Å². The molecule has 7 nitrogen and oxygen atoms in total. The van der Waals surface area contributed by atoms with Gasteiger partial charge in [-0.05, 0) is 42.0 Å². The highest BCUT2D eigenvalue weighted by Gasteiger charge is 2.11. The summed E-state index contributed by atoms with van der Waals surface area (Å²) in [5, 5.41) is 4.10. The monoisotopic (exact) mass is 391 g/mol. The second-order valence-corrected chi connectivity index (χ2v) is 6.43. The highest BCUT2D eigenvalue weighted by atomic mass is 19.1. The molecule has 146 valence electrons. The van der Waals surface area contributed by atoms with Crippen molar-refractivity contribution < 1.29 is 13.7 Å². The minimum atomic E-state index is -0.371. The summed E-state index contributed by atoms with van der Waals surface area (Å²) in [5.41, 5.74) is 14.6. The lowest BCUT2D eigenvalue weighted by Gasteiger charge is -2.06. The maximum Gasteiger partial charge on any atom is 0.170 e. The number of hydrogen-bond acceptors (Lipinski definition) is 7. The Balaban J connectivity index is 1.39. The van der Waals surface area contributed by atoms with Crippen molar-refractivity contribution in [3.63, 3.8) is 0 Å². The molecule has 3 aromatic heterocycles. The SMILES string of the molecule is Nc1ccc(-c2cc(Cc3ccc(OCc4ccc(F)cn4)cc3)no2)c(N)n1. The van der Waals surface area contributed by atoms with Crippen LogP contribution < -0.4 is 16.2 Å². The van der Waals surface area contributed by atoms with Gasteiger partial charge in [-0.25, -0.2) is 9.37 Å². The number of pyridine rings is 2. The lowest BCUT2D eigenvalue weighted by Crippen LogP contribution is -1.98. The summed E-state index contributed by atoms with van der Waals surface area (Å²) >= 11 is 0. The molecule has 1 aromatic carbocycles. The first kappa shape index (κ1) is 18.4. The van der Waals surface area contributed by atoms with Gasteiger partial charge in [0.15, 0.2) is 5.76 Å². The number of anilines is 2. The number of halogens is 1. The van der Waals surface area contributed by atoms with Gasteiger partial charge in [0.1, 0.15) is 29.8 Å². The van der Waals surface area contributed by atoms with Gasteiger partial charge in [-0.15, -0.1) is 0 Å². The normalized spacial score (nSPS) is 10.8. The number of hydrogen-bond donors (Lipinski definition) is 2. The topological polar surface area (TPSA) is 113 Å². The van der Waals surface area contributed by atoms with Crippen molar-refractivity contribution in [2.75, 3.05) is 11.5 Å². The van der Waals surface area contributed by atoms with Crippen LogP contribution in [-0.4, -0.2) is 15.1 Å². The molecule has 0 aliphatic heterocycles. The summed E-state index contributed by atoms with van der Waals surface area (Å²) in [6.45, 7) is 0.267. The van der Waals surface area contributed by atoms with E-state index in [0.29, 0.717) is 40.8 Å². The van der Waals surface area contributed by atoms with Gasteiger partial charge in [-0.2, -0.15) is 0 Å². The highest BCUT2D eigenvalue weighted by Crippen LogP contribution is 2.27. The fourth-order valence-corrected chi connectivity index (χ4v) is 2.78. The van der Waals surface area contributed by atoms with Crippen molar-refractivity contribution in [2.24, 2.45) is 0 Å². The van der Waals surface area contributed by atoms with E-state index in [2.05, 4.69) is 15.1 Å². The largest absolute Gasteiger partial charge is 0.487 e. The molecule has 29 heavy (non-hydrogen) atoms. The molecule has 0 aliphatic carbocycles. The first-order valence-corrected chi connectivity index (χ1v) is 8.87. The van der Waals surface area contributed by atoms with E-state index in [1.807, 2.05) is 30.3 Å². The Bertz CT molecular complexity index is 1110. The number of rotatable bonds is 6. The third-order valence-corrected chi connectivity index (χ3v) is 4.25. The fraction of sp³-hybridized carbons (Fsp3) is 0.0952. The number of nitrogens with zero attached hydrogens (tertiary/aromatic N) is 3. The van der Waals surface area contributed by atoms with Crippen molar-refractivity contribution in [1.82, 2.24) is 15.1 Å². The zero-order valence-corrected chi connectivity index (χ0v) is 15.4. The van der Waals surface area contributed by atoms with Crippen LogP contribution in [0.1, 0.15) is 17.0 Å². The molecule has 4 rings (SSSR count). The molecule has 0 bridgehead atoms. The Morgan fingerprint density at radius 3 is 2.52 bits per heavy atom. The second kappa shape index (κ2) is 7.97. The van der Waals surface area contributed by atoms with Crippen molar-refractivity contribution in [3.05, 3.63) is 83.6 Å². The standard InChI is InChI=1S/C21H18FN5O2/c22-14-3-4-15(25-11-14)12-28-17-5-1-13(2-6-17)9-16-10-19(29-27-16)18-7-8-20(23)26-21(18)24/h1-8,10-11H,9,12H2,(H4,23,24,26). The Morgan fingerprint density at radius 2 is 1.79 bits per heavy atom. The molecule has 8 heteroatoms. The minimum absolute atomic E-state index is 0.267. The molecule has 0 saturated heterocycles. The predicted molar refractivity (Wildman–Crippen MR) is 106 cm³/mol. The van der Waals surface area contributed by atoms with E-state index in [9.17, 15) is 4.39 Å². The van der Waals surface area contributed by atoms with Crippen LogP contribution in [0.15, 0.2) is 65.3 Å². The van der Waals surface area contributed by atoms with Crippen molar-refractivity contribution in [1.29, 1.82) is 0 Å². The number of aromatic nitrogens is 3. The van der Waals surface area contributed by atoms with Gasteiger partial charge in [0, 0.05) is 12.5 Å². The second-order valence-electron chi connectivity index (χ2n) is 6.43.